The third-order valence-electron chi connectivity index (χ3n) is 5.34. The lowest BCUT2D eigenvalue weighted by molar-refractivity contribution is 0.102. The van der Waals surface area contributed by atoms with Crippen LogP contribution in [-0.2, 0) is 0 Å². The minimum Gasteiger partial charge on any atom is -0.319 e. The van der Waals surface area contributed by atoms with E-state index in [4.69, 9.17) is 4.98 Å². The Hall–Kier alpha value is -4.25. The van der Waals surface area contributed by atoms with Gasteiger partial charge in [0.05, 0.1) is 16.9 Å². The SMILES string of the molecule is Cc1cc(NC(=O)c2ccccc2F)c2nc(-c3ccc(-c4ccccc4)cc3)cn2c1. The molecule has 0 saturated carbocycles. The summed E-state index contributed by atoms with van der Waals surface area (Å²) in [5.41, 5.74) is 6.12. The van der Waals surface area contributed by atoms with Gasteiger partial charge in [-0.25, -0.2) is 9.37 Å². The summed E-state index contributed by atoms with van der Waals surface area (Å²) < 4.78 is 15.9. The molecule has 1 amide bonds. The molecule has 3 aromatic carbocycles. The summed E-state index contributed by atoms with van der Waals surface area (Å²) in [6.45, 7) is 1.94. The van der Waals surface area contributed by atoms with E-state index in [0.717, 1.165) is 27.9 Å². The fraction of sp³-hybridized carbons (Fsp3) is 0.0370. The Balaban J connectivity index is 1.49. The van der Waals surface area contributed by atoms with Crippen LogP contribution < -0.4 is 5.32 Å². The number of nitrogens with one attached hydrogen (secondary N) is 1. The van der Waals surface area contributed by atoms with Crippen molar-refractivity contribution < 1.29 is 9.18 Å². The summed E-state index contributed by atoms with van der Waals surface area (Å²) in [5, 5.41) is 2.82. The normalized spacial score (nSPS) is 10.9. The topological polar surface area (TPSA) is 46.4 Å². The lowest BCUT2D eigenvalue weighted by Gasteiger charge is -2.08. The highest BCUT2D eigenvalue weighted by atomic mass is 19.1. The maximum absolute atomic E-state index is 14.0. The molecular weight excluding hydrogens is 401 g/mol. The Morgan fingerprint density at radius 2 is 1.50 bits per heavy atom. The highest BCUT2D eigenvalue weighted by Gasteiger charge is 2.15. The van der Waals surface area contributed by atoms with Gasteiger partial charge in [0.15, 0.2) is 5.65 Å². The number of anilines is 1. The molecule has 0 aliphatic heterocycles. The summed E-state index contributed by atoms with van der Waals surface area (Å²) in [5.74, 6) is -1.07. The minimum absolute atomic E-state index is 0.00423. The number of imidazole rings is 1. The first-order valence-corrected chi connectivity index (χ1v) is 10.3. The van der Waals surface area contributed by atoms with Gasteiger partial charge in [0.25, 0.3) is 5.91 Å². The Kier molecular flexibility index (Phi) is 5.00. The average Bonchev–Trinajstić information content (AvgIpc) is 3.24. The molecule has 5 heteroatoms. The van der Waals surface area contributed by atoms with Crippen LogP contribution in [0.1, 0.15) is 15.9 Å². The second-order valence-corrected chi connectivity index (χ2v) is 7.67. The molecule has 2 heterocycles. The second-order valence-electron chi connectivity index (χ2n) is 7.67. The van der Waals surface area contributed by atoms with Gasteiger partial charge < -0.3 is 9.72 Å². The minimum atomic E-state index is -0.559. The molecule has 0 saturated heterocycles. The molecule has 0 bridgehead atoms. The van der Waals surface area contributed by atoms with Crippen LogP contribution in [0.2, 0.25) is 0 Å². The maximum Gasteiger partial charge on any atom is 0.258 e. The molecule has 156 valence electrons. The van der Waals surface area contributed by atoms with Crippen molar-refractivity contribution in [3.63, 3.8) is 0 Å². The van der Waals surface area contributed by atoms with Crippen molar-refractivity contribution in [1.82, 2.24) is 9.38 Å². The van der Waals surface area contributed by atoms with E-state index in [1.807, 2.05) is 60.1 Å². The third kappa shape index (κ3) is 3.76. The van der Waals surface area contributed by atoms with E-state index in [9.17, 15) is 9.18 Å². The molecule has 0 radical (unpaired) electrons. The van der Waals surface area contributed by atoms with E-state index in [2.05, 4.69) is 29.6 Å². The Labute approximate surface area is 185 Å². The van der Waals surface area contributed by atoms with Gasteiger partial charge in [-0.3, -0.25) is 4.79 Å². The molecule has 0 aliphatic rings. The number of pyridine rings is 1. The Bertz CT molecular complexity index is 1420. The fourth-order valence-electron chi connectivity index (χ4n) is 3.77. The predicted molar refractivity (Wildman–Crippen MR) is 125 cm³/mol. The van der Waals surface area contributed by atoms with Crippen LogP contribution >= 0.6 is 0 Å². The summed E-state index contributed by atoms with van der Waals surface area (Å²) in [7, 11) is 0. The van der Waals surface area contributed by atoms with Gasteiger partial charge in [-0.1, -0.05) is 66.7 Å². The monoisotopic (exact) mass is 421 g/mol. The zero-order chi connectivity index (χ0) is 22.1. The molecule has 0 aliphatic carbocycles. The van der Waals surface area contributed by atoms with Crippen LogP contribution in [-0.4, -0.2) is 15.3 Å². The number of rotatable bonds is 4. The van der Waals surface area contributed by atoms with Gasteiger partial charge in [-0.05, 0) is 41.8 Å². The maximum atomic E-state index is 14.0. The first-order chi connectivity index (χ1) is 15.6. The van der Waals surface area contributed by atoms with E-state index in [1.165, 1.54) is 12.1 Å². The molecule has 0 atom stereocenters. The van der Waals surface area contributed by atoms with Crippen LogP contribution in [0, 0.1) is 12.7 Å². The summed E-state index contributed by atoms with van der Waals surface area (Å²) >= 11 is 0. The van der Waals surface area contributed by atoms with E-state index >= 15 is 0 Å². The number of fused-ring (bicyclic) bond motifs is 1. The lowest BCUT2D eigenvalue weighted by Crippen LogP contribution is -2.14. The van der Waals surface area contributed by atoms with Crippen LogP contribution in [0.4, 0.5) is 10.1 Å². The molecule has 4 nitrogen and oxygen atoms in total. The van der Waals surface area contributed by atoms with Crippen molar-refractivity contribution in [3.8, 4) is 22.4 Å². The largest absolute Gasteiger partial charge is 0.319 e. The Morgan fingerprint density at radius 1 is 0.844 bits per heavy atom. The van der Waals surface area contributed by atoms with E-state index in [1.54, 1.807) is 12.1 Å². The number of benzene rings is 3. The standard InChI is InChI=1S/C27H20FN3O/c1-18-15-24(30-27(32)22-9-5-6-10-23(22)28)26-29-25(17-31(26)16-18)21-13-11-20(12-14-21)19-7-3-2-4-8-19/h2-17H,1H3,(H,30,32). The van der Waals surface area contributed by atoms with Gasteiger partial charge in [-0.15, -0.1) is 0 Å². The number of aryl methyl sites for hydroxylation is 1. The zero-order valence-corrected chi connectivity index (χ0v) is 17.4. The van der Waals surface area contributed by atoms with Gasteiger partial charge in [-0.2, -0.15) is 0 Å². The molecule has 32 heavy (non-hydrogen) atoms. The van der Waals surface area contributed by atoms with Crippen LogP contribution in [0.15, 0.2) is 97.3 Å². The first-order valence-electron chi connectivity index (χ1n) is 10.3. The smallest absolute Gasteiger partial charge is 0.258 e. The van der Waals surface area contributed by atoms with Crippen molar-refractivity contribution in [2.75, 3.05) is 5.32 Å². The van der Waals surface area contributed by atoms with E-state index in [0.29, 0.717) is 11.3 Å². The number of halogens is 1. The van der Waals surface area contributed by atoms with E-state index < -0.39 is 11.7 Å². The first kappa shape index (κ1) is 19.7. The van der Waals surface area contributed by atoms with Gasteiger partial charge in [0.2, 0.25) is 0 Å². The van der Waals surface area contributed by atoms with E-state index in [-0.39, 0.29) is 5.56 Å². The fourth-order valence-corrected chi connectivity index (χ4v) is 3.77. The Morgan fingerprint density at radius 3 is 2.25 bits per heavy atom. The molecule has 5 rings (SSSR count). The number of hydrogen-bond acceptors (Lipinski definition) is 2. The number of hydrogen-bond donors (Lipinski definition) is 1. The summed E-state index contributed by atoms with van der Waals surface area (Å²) in [4.78, 5) is 17.4. The molecular formula is C27H20FN3O. The molecule has 0 spiro atoms. The highest BCUT2D eigenvalue weighted by Crippen LogP contribution is 2.27. The van der Waals surface area contributed by atoms with Crippen LogP contribution in [0.3, 0.4) is 0 Å². The molecule has 0 fully saturated rings. The zero-order valence-electron chi connectivity index (χ0n) is 17.4. The van der Waals surface area contributed by atoms with Crippen LogP contribution in [0.25, 0.3) is 28.0 Å². The lowest BCUT2D eigenvalue weighted by atomic mass is 10.0. The quantitative estimate of drug-likeness (QED) is 0.367. The number of nitrogens with zero attached hydrogens (tertiary/aromatic N) is 2. The van der Waals surface area contributed by atoms with Crippen molar-refractivity contribution >= 4 is 17.2 Å². The molecule has 2 aromatic heterocycles. The van der Waals surface area contributed by atoms with Crippen molar-refractivity contribution in [3.05, 3.63) is 114 Å². The van der Waals surface area contributed by atoms with Crippen molar-refractivity contribution in [1.29, 1.82) is 0 Å². The number of amides is 1. The molecule has 5 aromatic rings. The summed E-state index contributed by atoms with van der Waals surface area (Å²) in [6, 6.07) is 26.2. The molecule has 0 unspecified atom stereocenters. The average molecular weight is 421 g/mol. The number of carbonyl (C=O) groups excluding carboxylic acids is 1. The van der Waals surface area contributed by atoms with Crippen molar-refractivity contribution in [2.45, 2.75) is 6.92 Å². The van der Waals surface area contributed by atoms with Crippen LogP contribution in [0.5, 0.6) is 0 Å². The van der Waals surface area contributed by atoms with Gasteiger partial charge in [0, 0.05) is 18.0 Å². The van der Waals surface area contributed by atoms with Gasteiger partial charge >= 0.3 is 0 Å². The van der Waals surface area contributed by atoms with Crippen molar-refractivity contribution in [2.24, 2.45) is 0 Å². The highest BCUT2D eigenvalue weighted by molar-refractivity contribution is 6.06. The summed E-state index contributed by atoms with van der Waals surface area (Å²) in [6.07, 6.45) is 3.88. The number of aromatic nitrogens is 2. The molecule has 1 N–H and O–H groups in total. The second kappa shape index (κ2) is 8.12. The predicted octanol–water partition coefficient (Wildman–Crippen LogP) is 6.37. The number of carbonyl (C=O) groups is 1. The third-order valence-corrected chi connectivity index (χ3v) is 5.34. The van der Waals surface area contributed by atoms with Gasteiger partial charge in [0.1, 0.15) is 5.82 Å².